The summed E-state index contributed by atoms with van der Waals surface area (Å²) in [7, 11) is 1.63. The lowest BCUT2D eigenvalue weighted by Crippen LogP contribution is -2.23. The Bertz CT molecular complexity index is 1040. The molecule has 0 aliphatic rings. The summed E-state index contributed by atoms with van der Waals surface area (Å²) in [5.74, 6) is 0.583. The van der Waals surface area contributed by atoms with Gasteiger partial charge in [-0.2, -0.15) is 0 Å². The number of pyridine rings is 1. The second-order valence-corrected chi connectivity index (χ2v) is 6.76. The number of hydrogen-bond acceptors (Lipinski definition) is 4. The first-order chi connectivity index (χ1) is 12.8. The number of benzene rings is 1. The largest absolute Gasteiger partial charge is 0.497 e. The summed E-state index contributed by atoms with van der Waals surface area (Å²) in [5, 5.41) is 4.96. The molecule has 6 heteroatoms. The van der Waals surface area contributed by atoms with E-state index >= 15 is 0 Å². The molecule has 3 aromatic heterocycles. The fourth-order valence-electron chi connectivity index (χ4n) is 2.84. The van der Waals surface area contributed by atoms with Crippen LogP contribution in [0.5, 0.6) is 5.75 Å². The van der Waals surface area contributed by atoms with Gasteiger partial charge in [-0.25, -0.2) is 4.98 Å². The second kappa shape index (κ2) is 7.01. The summed E-state index contributed by atoms with van der Waals surface area (Å²) in [5.41, 5.74) is 2.83. The Morgan fingerprint density at radius 1 is 1.15 bits per heavy atom. The number of methoxy groups -OCH3 is 1. The highest BCUT2D eigenvalue weighted by Crippen LogP contribution is 2.27. The van der Waals surface area contributed by atoms with Crippen LogP contribution in [0.4, 0.5) is 0 Å². The van der Waals surface area contributed by atoms with E-state index in [2.05, 4.69) is 10.3 Å². The number of hydrogen-bond donors (Lipinski definition) is 1. The first kappa shape index (κ1) is 16.4. The third kappa shape index (κ3) is 3.07. The van der Waals surface area contributed by atoms with Crippen molar-refractivity contribution in [1.29, 1.82) is 0 Å². The first-order valence-corrected chi connectivity index (χ1v) is 9.06. The summed E-state index contributed by atoms with van der Waals surface area (Å²) in [4.78, 5) is 18.5. The lowest BCUT2D eigenvalue weighted by Gasteiger charge is -2.07. The molecule has 0 aliphatic heterocycles. The summed E-state index contributed by atoms with van der Waals surface area (Å²) in [6.07, 6.45) is 1.91. The maximum absolute atomic E-state index is 12.8. The minimum Gasteiger partial charge on any atom is -0.497 e. The number of nitrogens with zero attached hydrogens (tertiary/aromatic N) is 2. The van der Waals surface area contributed by atoms with E-state index in [9.17, 15) is 4.79 Å². The van der Waals surface area contributed by atoms with Crippen molar-refractivity contribution in [2.75, 3.05) is 7.11 Å². The van der Waals surface area contributed by atoms with E-state index in [-0.39, 0.29) is 5.91 Å². The van der Waals surface area contributed by atoms with E-state index in [1.54, 1.807) is 18.4 Å². The third-order valence-electron chi connectivity index (χ3n) is 4.11. The molecule has 0 atom stereocenters. The number of carbonyl (C=O) groups excluding carboxylic acids is 1. The number of amides is 1. The zero-order valence-corrected chi connectivity index (χ0v) is 15.0. The standard InChI is InChI=1S/C20H17N3O2S/c1-25-15-9-7-14(8-10-15)19-18(22-17-6-2-3-11-23(17)19)20(24)21-13-16-5-4-12-26-16/h2-12H,13H2,1H3,(H,21,24). The van der Waals surface area contributed by atoms with Crippen LogP contribution < -0.4 is 10.1 Å². The predicted molar refractivity (Wildman–Crippen MR) is 103 cm³/mol. The van der Waals surface area contributed by atoms with Crippen LogP contribution in [0.3, 0.4) is 0 Å². The molecule has 4 aromatic rings. The minimum absolute atomic E-state index is 0.187. The van der Waals surface area contributed by atoms with Gasteiger partial charge in [0, 0.05) is 16.6 Å². The van der Waals surface area contributed by atoms with Crippen LogP contribution in [0.2, 0.25) is 0 Å². The number of imidazole rings is 1. The van der Waals surface area contributed by atoms with Gasteiger partial charge in [0.1, 0.15) is 11.4 Å². The van der Waals surface area contributed by atoms with Crippen molar-refractivity contribution in [3.05, 3.63) is 76.7 Å². The normalized spacial score (nSPS) is 10.8. The van der Waals surface area contributed by atoms with Crippen molar-refractivity contribution < 1.29 is 9.53 Å². The average Bonchev–Trinajstić information content (AvgIpc) is 3.34. The van der Waals surface area contributed by atoms with Gasteiger partial charge < -0.3 is 10.1 Å². The monoisotopic (exact) mass is 363 g/mol. The molecule has 1 amide bonds. The number of nitrogens with one attached hydrogen (secondary N) is 1. The molecule has 26 heavy (non-hydrogen) atoms. The van der Waals surface area contributed by atoms with Crippen molar-refractivity contribution >= 4 is 22.9 Å². The van der Waals surface area contributed by atoms with Crippen LogP contribution in [0, 0.1) is 0 Å². The molecule has 0 bridgehead atoms. The molecule has 0 saturated carbocycles. The zero-order valence-electron chi connectivity index (χ0n) is 14.2. The second-order valence-electron chi connectivity index (χ2n) is 5.73. The Labute approximate surface area is 154 Å². The molecule has 0 spiro atoms. The molecule has 0 unspecified atom stereocenters. The van der Waals surface area contributed by atoms with Crippen molar-refractivity contribution in [2.24, 2.45) is 0 Å². The maximum Gasteiger partial charge on any atom is 0.272 e. The summed E-state index contributed by atoms with van der Waals surface area (Å²) >= 11 is 1.62. The highest BCUT2D eigenvalue weighted by molar-refractivity contribution is 7.09. The number of carbonyl (C=O) groups is 1. The molecule has 1 aromatic carbocycles. The van der Waals surface area contributed by atoms with E-state index in [1.807, 2.05) is 70.6 Å². The van der Waals surface area contributed by atoms with Gasteiger partial charge in [0.05, 0.1) is 19.3 Å². The van der Waals surface area contributed by atoms with Crippen molar-refractivity contribution in [3.8, 4) is 17.0 Å². The molecule has 0 aliphatic carbocycles. The van der Waals surface area contributed by atoms with E-state index in [1.165, 1.54) is 0 Å². The maximum atomic E-state index is 12.8. The van der Waals surface area contributed by atoms with Crippen molar-refractivity contribution in [2.45, 2.75) is 6.54 Å². The number of ether oxygens (including phenoxy) is 1. The Balaban J connectivity index is 1.74. The molecule has 3 heterocycles. The number of rotatable bonds is 5. The topological polar surface area (TPSA) is 55.6 Å². The van der Waals surface area contributed by atoms with Crippen LogP contribution in [0.1, 0.15) is 15.4 Å². The average molecular weight is 363 g/mol. The molecule has 1 N–H and O–H groups in total. The summed E-state index contributed by atoms with van der Waals surface area (Å²) in [6, 6.07) is 17.3. The summed E-state index contributed by atoms with van der Waals surface area (Å²) < 4.78 is 7.16. The van der Waals surface area contributed by atoms with Crippen LogP contribution in [-0.2, 0) is 6.54 Å². The van der Waals surface area contributed by atoms with E-state index in [0.29, 0.717) is 12.2 Å². The highest BCUT2D eigenvalue weighted by Gasteiger charge is 2.20. The van der Waals surface area contributed by atoms with Gasteiger partial charge in [-0.1, -0.05) is 12.1 Å². The number of aromatic nitrogens is 2. The third-order valence-corrected chi connectivity index (χ3v) is 4.99. The SMILES string of the molecule is COc1ccc(-c2c(C(=O)NCc3cccs3)nc3ccccn23)cc1. The zero-order chi connectivity index (χ0) is 17.9. The van der Waals surface area contributed by atoms with E-state index in [4.69, 9.17) is 4.74 Å². The van der Waals surface area contributed by atoms with Gasteiger partial charge in [0.25, 0.3) is 5.91 Å². The Morgan fingerprint density at radius 3 is 2.73 bits per heavy atom. The molecule has 0 fully saturated rings. The van der Waals surface area contributed by atoms with Gasteiger partial charge in [-0.05, 0) is 47.8 Å². The van der Waals surface area contributed by atoms with Gasteiger partial charge in [0.2, 0.25) is 0 Å². The first-order valence-electron chi connectivity index (χ1n) is 8.18. The predicted octanol–water partition coefficient (Wildman–Crippen LogP) is 4.00. The minimum atomic E-state index is -0.187. The highest BCUT2D eigenvalue weighted by atomic mass is 32.1. The number of thiophene rings is 1. The molecular formula is C20H17N3O2S. The van der Waals surface area contributed by atoms with Gasteiger partial charge >= 0.3 is 0 Å². The Hall–Kier alpha value is -3.12. The van der Waals surface area contributed by atoms with Crippen LogP contribution >= 0.6 is 11.3 Å². The Kier molecular flexibility index (Phi) is 4.41. The fraction of sp³-hybridized carbons (Fsp3) is 0.100. The molecule has 5 nitrogen and oxygen atoms in total. The van der Waals surface area contributed by atoms with Gasteiger partial charge in [0.15, 0.2) is 5.69 Å². The van der Waals surface area contributed by atoms with E-state index < -0.39 is 0 Å². The molecule has 0 radical (unpaired) electrons. The molecule has 0 saturated heterocycles. The molecule has 130 valence electrons. The molecule has 4 rings (SSSR count). The lowest BCUT2D eigenvalue weighted by molar-refractivity contribution is 0.0947. The van der Waals surface area contributed by atoms with Crippen molar-refractivity contribution in [1.82, 2.24) is 14.7 Å². The van der Waals surface area contributed by atoms with Crippen LogP contribution in [0.15, 0.2) is 66.2 Å². The Morgan fingerprint density at radius 2 is 2.00 bits per heavy atom. The van der Waals surface area contributed by atoms with Crippen molar-refractivity contribution in [3.63, 3.8) is 0 Å². The van der Waals surface area contributed by atoms with Gasteiger partial charge in [-0.15, -0.1) is 11.3 Å². The lowest BCUT2D eigenvalue weighted by atomic mass is 10.1. The fourth-order valence-corrected chi connectivity index (χ4v) is 3.49. The van der Waals surface area contributed by atoms with Crippen LogP contribution in [-0.4, -0.2) is 22.4 Å². The number of fused-ring (bicyclic) bond motifs is 1. The quantitative estimate of drug-likeness (QED) is 0.583. The molecular weight excluding hydrogens is 346 g/mol. The smallest absolute Gasteiger partial charge is 0.272 e. The van der Waals surface area contributed by atoms with E-state index in [0.717, 1.165) is 27.5 Å². The van der Waals surface area contributed by atoms with Gasteiger partial charge in [-0.3, -0.25) is 9.20 Å². The summed E-state index contributed by atoms with van der Waals surface area (Å²) in [6.45, 7) is 0.492. The van der Waals surface area contributed by atoms with Crippen LogP contribution in [0.25, 0.3) is 16.9 Å².